The van der Waals surface area contributed by atoms with Crippen LogP contribution in [0.15, 0.2) is 59.1 Å². The molecule has 3 heteroatoms. The van der Waals surface area contributed by atoms with E-state index in [-0.39, 0.29) is 11.2 Å². The maximum Gasteiger partial charge on any atom is 0.165 e. The van der Waals surface area contributed by atoms with Crippen LogP contribution >= 0.6 is 15.9 Å². The first kappa shape index (κ1) is 17.3. The minimum absolute atomic E-state index is 0.0129. The second-order valence-corrected chi connectivity index (χ2v) is 8.93. The Morgan fingerprint density at radius 1 is 1.00 bits per heavy atom. The molecule has 0 atom stereocenters. The lowest BCUT2D eigenvalue weighted by Crippen LogP contribution is -2.27. The quantitative estimate of drug-likeness (QED) is 0.483. The van der Waals surface area contributed by atoms with Gasteiger partial charge in [-0.15, -0.1) is 0 Å². The second kappa shape index (κ2) is 6.24. The van der Waals surface area contributed by atoms with Crippen LogP contribution in [0.1, 0.15) is 41.9 Å². The molecule has 2 aromatic carbocycles. The van der Waals surface area contributed by atoms with Crippen molar-refractivity contribution in [3.8, 4) is 16.9 Å². The number of hydrogen-bond donors (Lipinski definition) is 0. The molecule has 1 heterocycles. The highest BCUT2D eigenvalue weighted by Gasteiger charge is 2.34. The standard InChI is InChI=1S/C23H22BrNO/c1-15-5-4-6-18(11-15)25-20(16-7-9-17(24)10-8-16)12-19-21(25)13-23(2,3)14-22(19)26/h4-12H,13-14H2,1-3H3. The van der Waals surface area contributed by atoms with Gasteiger partial charge in [0.05, 0.1) is 5.69 Å². The van der Waals surface area contributed by atoms with Gasteiger partial charge in [0.25, 0.3) is 0 Å². The Balaban J connectivity index is 2.00. The average molecular weight is 408 g/mol. The van der Waals surface area contributed by atoms with E-state index in [9.17, 15) is 4.79 Å². The Morgan fingerprint density at radius 3 is 2.42 bits per heavy atom. The van der Waals surface area contributed by atoms with Crippen molar-refractivity contribution in [3.05, 3.63) is 75.9 Å². The number of aromatic nitrogens is 1. The van der Waals surface area contributed by atoms with Crippen LogP contribution in [0, 0.1) is 12.3 Å². The van der Waals surface area contributed by atoms with Crippen molar-refractivity contribution in [3.63, 3.8) is 0 Å². The maximum atomic E-state index is 12.8. The monoisotopic (exact) mass is 407 g/mol. The fourth-order valence-electron chi connectivity index (χ4n) is 3.91. The minimum atomic E-state index is -0.0129. The van der Waals surface area contributed by atoms with Gasteiger partial charge in [-0.05, 0) is 60.2 Å². The minimum Gasteiger partial charge on any atom is -0.313 e. The van der Waals surface area contributed by atoms with E-state index in [1.165, 1.54) is 5.56 Å². The Labute approximate surface area is 163 Å². The van der Waals surface area contributed by atoms with Crippen LogP contribution in [0.5, 0.6) is 0 Å². The number of halogens is 1. The maximum absolute atomic E-state index is 12.8. The molecule has 1 aliphatic rings. The first-order chi connectivity index (χ1) is 12.3. The van der Waals surface area contributed by atoms with Crippen molar-refractivity contribution in [1.29, 1.82) is 0 Å². The highest BCUT2D eigenvalue weighted by Crippen LogP contribution is 2.40. The largest absolute Gasteiger partial charge is 0.313 e. The van der Waals surface area contributed by atoms with Crippen molar-refractivity contribution in [2.45, 2.75) is 33.6 Å². The van der Waals surface area contributed by atoms with Crippen molar-refractivity contribution in [2.24, 2.45) is 5.41 Å². The molecule has 1 aliphatic carbocycles. The van der Waals surface area contributed by atoms with E-state index < -0.39 is 0 Å². The number of carbonyl (C=O) groups is 1. The molecule has 26 heavy (non-hydrogen) atoms. The van der Waals surface area contributed by atoms with Gasteiger partial charge >= 0.3 is 0 Å². The van der Waals surface area contributed by atoms with Crippen LogP contribution < -0.4 is 0 Å². The van der Waals surface area contributed by atoms with Gasteiger partial charge in [0, 0.05) is 27.8 Å². The molecular formula is C23H22BrNO. The summed E-state index contributed by atoms with van der Waals surface area (Å²) in [6.07, 6.45) is 1.51. The molecule has 132 valence electrons. The first-order valence-electron chi connectivity index (χ1n) is 8.95. The van der Waals surface area contributed by atoms with Crippen molar-refractivity contribution < 1.29 is 4.79 Å². The number of carbonyl (C=O) groups excluding carboxylic acids is 1. The molecule has 1 aromatic heterocycles. The molecule has 0 saturated carbocycles. The lowest BCUT2D eigenvalue weighted by atomic mass is 9.76. The van der Waals surface area contributed by atoms with Gasteiger partial charge in [0.1, 0.15) is 0 Å². The van der Waals surface area contributed by atoms with E-state index in [2.05, 4.69) is 83.7 Å². The average Bonchev–Trinajstić information content (AvgIpc) is 2.94. The molecule has 0 aliphatic heterocycles. The molecule has 0 N–H and O–H groups in total. The van der Waals surface area contributed by atoms with Crippen LogP contribution in [0.2, 0.25) is 0 Å². The fraction of sp³-hybridized carbons (Fsp3) is 0.261. The van der Waals surface area contributed by atoms with Crippen LogP contribution in [0.3, 0.4) is 0 Å². The van der Waals surface area contributed by atoms with E-state index in [4.69, 9.17) is 0 Å². The van der Waals surface area contributed by atoms with Crippen molar-refractivity contribution in [2.75, 3.05) is 0 Å². The van der Waals surface area contributed by atoms with E-state index in [1.807, 2.05) is 12.1 Å². The number of ketones is 1. The summed E-state index contributed by atoms with van der Waals surface area (Å²) in [6, 6.07) is 18.9. The summed E-state index contributed by atoms with van der Waals surface area (Å²) >= 11 is 3.51. The summed E-state index contributed by atoms with van der Waals surface area (Å²) in [5, 5.41) is 0. The summed E-state index contributed by atoms with van der Waals surface area (Å²) in [5.74, 6) is 0.251. The predicted octanol–water partition coefficient (Wildman–Crippen LogP) is 6.37. The number of fused-ring (bicyclic) bond motifs is 1. The number of benzene rings is 2. The summed E-state index contributed by atoms with van der Waals surface area (Å²) in [7, 11) is 0. The number of hydrogen-bond acceptors (Lipinski definition) is 1. The number of nitrogens with zero attached hydrogens (tertiary/aromatic N) is 1. The fourth-order valence-corrected chi connectivity index (χ4v) is 4.17. The van der Waals surface area contributed by atoms with E-state index >= 15 is 0 Å². The Morgan fingerprint density at radius 2 is 1.73 bits per heavy atom. The molecular weight excluding hydrogens is 386 g/mol. The van der Waals surface area contributed by atoms with Crippen LogP contribution in [-0.4, -0.2) is 10.4 Å². The lowest BCUT2D eigenvalue weighted by molar-refractivity contribution is 0.0911. The van der Waals surface area contributed by atoms with Gasteiger partial charge in [-0.25, -0.2) is 0 Å². The van der Waals surface area contributed by atoms with E-state index in [1.54, 1.807) is 0 Å². The summed E-state index contributed by atoms with van der Waals surface area (Å²) in [5.41, 5.74) is 6.54. The zero-order chi connectivity index (χ0) is 18.5. The SMILES string of the molecule is Cc1cccc(-n2c(-c3ccc(Br)cc3)cc3c2CC(C)(C)CC3=O)c1. The number of rotatable bonds is 2. The smallest absolute Gasteiger partial charge is 0.165 e. The summed E-state index contributed by atoms with van der Waals surface area (Å²) < 4.78 is 3.33. The molecule has 3 aromatic rings. The summed E-state index contributed by atoms with van der Waals surface area (Å²) in [4.78, 5) is 12.8. The van der Waals surface area contributed by atoms with Crippen molar-refractivity contribution >= 4 is 21.7 Å². The molecule has 0 unspecified atom stereocenters. The molecule has 0 spiro atoms. The Hall–Kier alpha value is -2.13. The third kappa shape index (κ3) is 3.05. The van der Waals surface area contributed by atoms with Crippen molar-refractivity contribution in [1.82, 2.24) is 4.57 Å². The number of Topliss-reactive ketones (excluding diaryl/α,β-unsaturated/α-hetero) is 1. The molecule has 0 radical (unpaired) electrons. The van der Waals surface area contributed by atoms with Crippen LogP contribution in [0.25, 0.3) is 16.9 Å². The van der Waals surface area contributed by atoms with Crippen LogP contribution in [0.4, 0.5) is 0 Å². The van der Waals surface area contributed by atoms with Gasteiger partial charge in [0.2, 0.25) is 0 Å². The molecule has 4 rings (SSSR count). The molecule has 0 fully saturated rings. The predicted molar refractivity (Wildman–Crippen MR) is 110 cm³/mol. The third-order valence-electron chi connectivity index (χ3n) is 5.09. The first-order valence-corrected chi connectivity index (χ1v) is 9.74. The molecule has 0 amide bonds. The van der Waals surface area contributed by atoms with Gasteiger partial charge in [0.15, 0.2) is 5.78 Å². The highest BCUT2D eigenvalue weighted by atomic mass is 79.9. The zero-order valence-electron chi connectivity index (χ0n) is 15.3. The van der Waals surface area contributed by atoms with Gasteiger partial charge in [-0.3, -0.25) is 4.79 Å². The lowest BCUT2D eigenvalue weighted by Gasteiger charge is -2.30. The van der Waals surface area contributed by atoms with Gasteiger partial charge in [-0.1, -0.05) is 54.0 Å². The third-order valence-corrected chi connectivity index (χ3v) is 5.62. The topological polar surface area (TPSA) is 22.0 Å². The van der Waals surface area contributed by atoms with E-state index in [0.29, 0.717) is 6.42 Å². The summed E-state index contributed by atoms with van der Waals surface area (Å²) in [6.45, 7) is 6.47. The second-order valence-electron chi connectivity index (χ2n) is 8.01. The molecule has 0 bridgehead atoms. The Bertz CT molecular complexity index is 996. The van der Waals surface area contributed by atoms with Gasteiger partial charge in [-0.2, -0.15) is 0 Å². The number of aryl methyl sites for hydroxylation is 1. The van der Waals surface area contributed by atoms with Gasteiger partial charge < -0.3 is 4.57 Å². The molecule has 0 saturated heterocycles. The molecule has 2 nitrogen and oxygen atoms in total. The zero-order valence-corrected chi connectivity index (χ0v) is 16.9. The highest BCUT2D eigenvalue weighted by molar-refractivity contribution is 9.10. The van der Waals surface area contributed by atoms with Crippen LogP contribution in [-0.2, 0) is 6.42 Å². The normalized spacial score (nSPS) is 15.8. The van der Waals surface area contributed by atoms with E-state index in [0.717, 1.165) is 39.1 Å². The Kier molecular flexibility index (Phi) is 4.15.